The zero-order valence-corrected chi connectivity index (χ0v) is 7.54. The van der Waals surface area contributed by atoms with Gasteiger partial charge in [-0.3, -0.25) is 0 Å². The molecule has 0 bridgehead atoms. The largest absolute Gasteiger partial charge is 0.505 e. The molecule has 1 aromatic rings. The molecule has 5 heteroatoms. The van der Waals surface area contributed by atoms with Crippen LogP contribution in [0.3, 0.4) is 0 Å². The molecule has 0 saturated carbocycles. The van der Waals surface area contributed by atoms with E-state index in [0.29, 0.717) is 0 Å². The van der Waals surface area contributed by atoms with Gasteiger partial charge in [0.25, 0.3) is 0 Å². The zero-order chi connectivity index (χ0) is 10.9. The molecule has 0 aliphatic carbocycles. The van der Waals surface area contributed by atoms with Crippen molar-refractivity contribution in [2.45, 2.75) is 19.1 Å². The summed E-state index contributed by atoms with van der Waals surface area (Å²) in [4.78, 5) is 0. The summed E-state index contributed by atoms with van der Waals surface area (Å²) < 4.78 is 25.4. The van der Waals surface area contributed by atoms with E-state index in [9.17, 15) is 8.78 Å². The van der Waals surface area contributed by atoms with E-state index in [1.54, 1.807) is 0 Å². The summed E-state index contributed by atoms with van der Waals surface area (Å²) in [5.74, 6) is -3.31. The number of phenolic OH excluding ortho intramolecular Hbond substituents is 1. The van der Waals surface area contributed by atoms with E-state index in [1.165, 1.54) is 6.92 Å². The van der Waals surface area contributed by atoms with Crippen molar-refractivity contribution >= 4 is 0 Å². The molecule has 0 amide bonds. The van der Waals surface area contributed by atoms with Gasteiger partial charge in [0, 0.05) is 0 Å². The van der Waals surface area contributed by atoms with Crippen LogP contribution in [0.15, 0.2) is 12.1 Å². The van der Waals surface area contributed by atoms with Crippen LogP contribution in [-0.4, -0.2) is 16.3 Å². The van der Waals surface area contributed by atoms with Crippen LogP contribution in [0.5, 0.6) is 5.75 Å². The molecule has 2 atom stereocenters. The number of aromatic hydroxyl groups is 1. The lowest BCUT2D eigenvalue weighted by Crippen LogP contribution is -2.23. The van der Waals surface area contributed by atoms with Crippen molar-refractivity contribution < 1.29 is 19.0 Å². The molecular weight excluding hydrogens is 192 g/mol. The molecule has 4 N–H and O–H groups in total. The molecule has 1 aromatic carbocycles. The van der Waals surface area contributed by atoms with Gasteiger partial charge >= 0.3 is 0 Å². The standard InChI is InChI=1S/C9H11F2NO2/c1-4(13)9(12)5-2-6(10)8(11)7(14)3-5/h2-4,9,13-14H,12H2,1H3. The molecule has 0 aliphatic rings. The monoisotopic (exact) mass is 203 g/mol. The minimum atomic E-state index is -1.31. The number of hydrogen-bond donors (Lipinski definition) is 3. The topological polar surface area (TPSA) is 66.5 Å². The van der Waals surface area contributed by atoms with Crippen LogP contribution in [0.2, 0.25) is 0 Å². The maximum absolute atomic E-state index is 12.8. The van der Waals surface area contributed by atoms with Crippen molar-refractivity contribution in [1.82, 2.24) is 0 Å². The van der Waals surface area contributed by atoms with Crippen molar-refractivity contribution in [3.05, 3.63) is 29.3 Å². The first-order chi connectivity index (χ1) is 6.43. The number of rotatable bonds is 2. The van der Waals surface area contributed by atoms with Crippen LogP contribution in [0.4, 0.5) is 8.78 Å². The van der Waals surface area contributed by atoms with Gasteiger partial charge in [-0.25, -0.2) is 4.39 Å². The van der Waals surface area contributed by atoms with Gasteiger partial charge in [-0.15, -0.1) is 0 Å². The van der Waals surface area contributed by atoms with E-state index < -0.39 is 29.5 Å². The zero-order valence-electron chi connectivity index (χ0n) is 7.54. The molecule has 78 valence electrons. The van der Waals surface area contributed by atoms with Crippen molar-refractivity contribution in [1.29, 1.82) is 0 Å². The Kier molecular flexibility index (Phi) is 3.03. The second kappa shape index (κ2) is 3.89. The Hall–Kier alpha value is -1.20. The molecule has 0 aliphatic heterocycles. The second-order valence-electron chi connectivity index (χ2n) is 3.10. The first-order valence-electron chi connectivity index (χ1n) is 4.05. The van der Waals surface area contributed by atoms with E-state index in [-0.39, 0.29) is 5.56 Å². The summed E-state index contributed by atoms with van der Waals surface area (Å²) in [6.45, 7) is 1.42. The number of phenols is 1. The van der Waals surface area contributed by atoms with E-state index in [2.05, 4.69) is 0 Å². The van der Waals surface area contributed by atoms with Crippen molar-refractivity contribution in [2.75, 3.05) is 0 Å². The number of aliphatic hydroxyl groups excluding tert-OH is 1. The fraction of sp³-hybridized carbons (Fsp3) is 0.333. The Balaban J connectivity index is 3.12. The second-order valence-corrected chi connectivity index (χ2v) is 3.10. The average molecular weight is 203 g/mol. The maximum atomic E-state index is 12.8. The molecular formula is C9H11F2NO2. The Morgan fingerprint density at radius 2 is 1.93 bits per heavy atom. The Bertz CT molecular complexity index is 319. The highest BCUT2D eigenvalue weighted by Gasteiger charge is 2.17. The fourth-order valence-corrected chi connectivity index (χ4v) is 1.07. The molecule has 0 saturated heterocycles. The highest BCUT2D eigenvalue weighted by Crippen LogP contribution is 2.24. The van der Waals surface area contributed by atoms with Crippen molar-refractivity contribution in [2.24, 2.45) is 5.73 Å². The maximum Gasteiger partial charge on any atom is 0.200 e. The van der Waals surface area contributed by atoms with Crippen LogP contribution in [0, 0.1) is 11.6 Å². The number of aliphatic hydroxyl groups is 1. The van der Waals surface area contributed by atoms with Gasteiger partial charge in [-0.2, -0.15) is 4.39 Å². The first-order valence-corrected chi connectivity index (χ1v) is 4.05. The van der Waals surface area contributed by atoms with Gasteiger partial charge in [0.2, 0.25) is 0 Å². The van der Waals surface area contributed by atoms with Gasteiger partial charge in [0.05, 0.1) is 12.1 Å². The normalized spacial score (nSPS) is 15.2. The van der Waals surface area contributed by atoms with Gasteiger partial charge in [-0.05, 0) is 24.6 Å². The molecule has 0 spiro atoms. The van der Waals surface area contributed by atoms with Crippen LogP contribution < -0.4 is 5.73 Å². The Morgan fingerprint density at radius 1 is 1.36 bits per heavy atom. The lowest BCUT2D eigenvalue weighted by molar-refractivity contribution is 0.164. The smallest absolute Gasteiger partial charge is 0.200 e. The fourth-order valence-electron chi connectivity index (χ4n) is 1.07. The summed E-state index contributed by atoms with van der Waals surface area (Å²) in [5, 5.41) is 18.1. The molecule has 0 aromatic heterocycles. The molecule has 0 fully saturated rings. The highest BCUT2D eigenvalue weighted by molar-refractivity contribution is 5.32. The van der Waals surface area contributed by atoms with Gasteiger partial charge in [0.15, 0.2) is 17.4 Å². The third kappa shape index (κ3) is 2.00. The number of hydrogen-bond acceptors (Lipinski definition) is 3. The van der Waals surface area contributed by atoms with Gasteiger partial charge in [-0.1, -0.05) is 0 Å². The molecule has 2 unspecified atom stereocenters. The number of halogens is 2. The van der Waals surface area contributed by atoms with Crippen molar-refractivity contribution in [3.63, 3.8) is 0 Å². The lowest BCUT2D eigenvalue weighted by atomic mass is 10.0. The predicted molar refractivity (Wildman–Crippen MR) is 46.6 cm³/mol. The predicted octanol–water partition coefficient (Wildman–Crippen LogP) is 1.05. The third-order valence-corrected chi connectivity index (χ3v) is 1.94. The Labute approximate surface area is 79.8 Å². The summed E-state index contributed by atoms with van der Waals surface area (Å²) in [6.07, 6.45) is -0.903. The van der Waals surface area contributed by atoms with Gasteiger partial charge in [0.1, 0.15) is 0 Å². The van der Waals surface area contributed by atoms with Gasteiger partial charge < -0.3 is 15.9 Å². The first kappa shape index (κ1) is 10.9. The summed E-state index contributed by atoms with van der Waals surface area (Å²) in [5.41, 5.74) is 5.62. The quantitative estimate of drug-likeness (QED) is 0.673. The average Bonchev–Trinajstić information content (AvgIpc) is 2.12. The molecule has 0 radical (unpaired) electrons. The summed E-state index contributed by atoms with van der Waals surface area (Å²) in [6, 6.07) is 0.999. The summed E-state index contributed by atoms with van der Waals surface area (Å²) in [7, 11) is 0. The van der Waals surface area contributed by atoms with E-state index in [4.69, 9.17) is 15.9 Å². The summed E-state index contributed by atoms with van der Waals surface area (Å²) >= 11 is 0. The highest BCUT2D eigenvalue weighted by atomic mass is 19.2. The van der Waals surface area contributed by atoms with E-state index >= 15 is 0 Å². The van der Waals surface area contributed by atoms with E-state index in [0.717, 1.165) is 12.1 Å². The van der Waals surface area contributed by atoms with Crippen LogP contribution in [0.25, 0.3) is 0 Å². The van der Waals surface area contributed by atoms with E-state index in [1.807, 2.05) is 0 Å². The molecule has 14 heavy (non-hydrogen) atoms. The number of nitrogens with two attached hydrogens (primary N) is 1. The molecule has 3 nitrogen and oxygen atoms in total. The Morgan fingerprint density at radius 3 is 2.36 bits per heavy atom. The third-order valence-electron chi connectivity index (χ3n) is 1.94. The minimum absolute atomic E-state index is 0.149. The van der Waals surface area contributed by atoms with Crippen LogP contribution in [0.1, 0.15) is 18.5 Å². The number of benzene rings is 1. The molecule has 0 heterocycles. The van der Waals surface area contributed by atoms with Crippen molar-refractivity contribution in [3.8, 4) is 5.75 Å². The van der Waals surface area contributed by atoms with Crippen LogP contribution >= 0.6 is 0 Å². The lowest BCUT2D eigenvalue weighted by Gasteiger charge is -2.15. The minimum Gasteiger partial charge on any atom is -0.505 e. The van der Waals surface area contributed by atoms with Crippen LogP contribution in [-0.2, 0) is 0 Å². The molecule has 1 rings (SSSR count). The SMILES string of the molecule is CC(O)C(N)c1cc(O)c(F)c(F)c1.